The van der Waals surface area contributed by atoms with Gasteiger partial charge in [-0.3, -0.25) is 0 Å². The largest absolute Gasteiger partial charge is 0.495 e. The number of hydrogen-bond donors (Lipinski definition) is 1. The van der Waals surface area contributed by atoms with Gasteiger partial charge in [0.05, 0.1) is 32.5 Å². The van der Waals surface area contributed by atoms with E-state index in [1.54, 1.807) is 45.6 Å². The fourth-order valence-electron chi connectivity index (χ4n) is 2.39. The molecule has 1 aromatic heterocycles. The first kappa shape index (κ1) is 16.1. The highest BCUT2D eigenvalue weighted by Crippen LogP contribution is 2.36. The van der Waals surface area contributed by atoms with Gasteiger partial charge in [0, 0.05) is 16.5 Å². The Hall–Kier alpha value is -2.73. The number of nitrogens with one attached hydrogen (secondary N) is 1. The Morgan fingerprint density at radius 1 is 0.875 bits per heavy atom. The number of methoxy groups -OCH3 is 3. The van der Waals surface area contributed by atoms with Crippen LogP contribution >= 0.6 is 11.6 Å². The van der Waals surface area contributed by atoms with Gasteiger partial charge in [-0.05, 0) is 24.3 Å². The average Bonchev–Trinajstić information content (AvgIpc) is 2.61. The second-order valence-corrected chi connectivity index (χ2v) is 5.35. The van der Waals surface area contributed by atoms with Gasteiger partial charge in [-0.2, -0.15) is 0 Å². The molecule has 24 heavy (non-hydrogen) atoms. The quantitative estimate of drug-likeness (QED) is 0.752. The molecule has 124 valence electrons. The van der Waals surface area contributed by atoms with Crippen molar-refractivity contribution in [2.24, 2.45) is 0 Å². The van der Waals surface area contributed by atoms with Gasteiger partial charge in [-0.25, -0.2) is 9.97 Å². The summed E-state index contributed by atoms with van der Waals surface area (Å²) < 4.78 is 16.0. The van der Waals surface area contributed by atoms with E-state index >= 15 is 0 Å². The van der Waals surface area contributed by atoms with Crippen LogP contribution in [0.15, 0.2) is 36.7 Å². The van der Waals surface area contributed by atoms with Crippen molar-refractivity contribution in [3.63, 3.8) is 0 Å². The lowest BCUT2D eigenvalue weighted by atomic mass is 10.2. The zero-order valence-electron chi connectivity index (χ0n) is 13.5. The molecule has 2 aromatic carbocycles. The van der Waals surface area contributed by atoms with E-state index in [-0.39, 0.29) is 0 Å². The van der Waals surface area contributed by atoms with Gasteiger partial charge in [-0.1, -0.05) is 11.6 Å². The van der Waals surface area contributed by atoms with Crippen molar-refractivity contribution in [2.45, 2.75) is 0 Å². The van der Waals surface area contributed by atoms with E-state index in [9.17, 15) is 0 Å². The van der Waals surface area contributed by atoms with Gasteiger partial charge in [-0.15, -0.1) is 0 Å². The molecule has 3 rings (SSSR count). The summed E-state index contributed by atoms with van der Waals surface area (Å²) in [5, 5.41) is 4.62. The summed E-state index contributed by atoms with van der Waals surface area (Å²) in [6.07, 6.45) is 1.48. The highest BCUT2D eigenvalue weighted by Gasteiger charge is 2.12. The lowest BCUT2D eigenvalue weighted by molar-refractivity contribution is 0.356. The highest BCUT2D eigenvalue weighted by molar-refractivity contribution is 6.31. The number of aromatic nitrogens is 2. The van der Waals surface area contributed by atoms with Gasteiger partial charge >= 0.3 is 0 Å². The normalized spacial score (nSPS) is 10.5. The molecule has 0 aliphatic carbocycles. The van der Waals surface area contributed by atoms with E-state index in [0.29, 0.717) is 33.8 Å². The Morgan fingerprint density at radius 2 is 1.58 bits per heavy atom. The summed E-state index contributed by atoms with van der Waals surface area (Å²) in [6, 6.07) is 8.95. The first-order chi connectivity index (χ1) is 11.7. The van der Waals surface area contributed by atoms with Crippen LogP contribution in [0.3, 0.4) is 0 Å². The lowest BCUT2D eigenvalue weighted by Crippen LogP contribution is -1.99. The fourth-order valence-corrected chi connectivity index (χ4v) is 2.56. The van der Waals surface area contributed by atoms with Gasteiger partial charge in [0.1, 0.15) is 17.9 Å². The average molecular weight is 346 g/mol. The second-order valence-electron chi connectivity index (χ2n) is 4.92. The third kappa shape index (κ3) is 3.00. The molecule has 0 fully saturated rings. The molecule has 0 aliphatic heterocycles. The van der Waals surface area contributed by atoms with Crippen molar-refractivity contribution in [1.29, 1.82) is 0 Å². The van der Waals surface area contributed by atoms with Crippen molar-refractivity contribution in [2.75, 3.05) is 26.6 Å². The predicted octanol–water partition coefficient (Wildman–Crippen LogP) is 4.05. The standard InChI is InChI=1S/C17H16ClN3O3/c1-22-14-5-4-10(18)6-13(14)21-17-11-7-15(23-2)16(24-3)8-12(11)19-9-20-17/h4-9H,1-3H3,(H,19,20,21). The van der Waals surface area contributed by atoms with Crippen molar-refractivity contribution < 1.29 is 14.2 Å². The monoisotopic (exact) mass is 345 g/mol. The van der Waals surface area contributed by atoms with E-state index in [1.165, 1.54) is 6.33 Å². The number of nitrogens with zero attached hydrogens (tertiary/aromatic N) is 2. The van der Waals surface area contributed by atoms with Gasteiger partial charge in [0.2, 0.25) is 0 Å². The Labute approximate surface area is 144 Å². The summed E-state index contributed by atoms with van der Waals surface area (Å²) in [5.41, 5.74) is 1.44. The molecule has 0 aliphatic rings. The summed E-state index contributed by atoms with van der Waals surface area (Å²) in [5.74, 6) is 2.48. The van der Waals surface area contributed by atoms with Crippen LogP contribution in [0.4, 0.5) is 11.5 Å². The Bertz CT molecular complexity index is 886. The zero-order valence-corrected chi connectivity index (χ0v) is 14.2. The van der Waals surface area contributed by atoms with Crippen LogP contribution in [0.2, 0.25) is 5.02 Å². The third-order valence-corrected chi connectivity index (χ3v) is 3.79. The van der Waals surface area contributed by atoms with E-state index in [1.807, 2.05) is 6.07 Å². The van der Waals surface area contributed by atoms with E-state index in [2.05, 4.69) is 15.3 Å². The number of halogens is 1. The molecule has 6 nitrogen and oxygen atoms in total. The third-order valence-electron chi connectivity index (χ3n) is 3.56. The van der Waals surface area contributed by atoms with Crippen LogP contribution in [0.1, 0.15) is 0 Å². The Kier molecular flexibility index (Phi) is 4.57. The molecule has 7 heteroatoms. The predicted molar refractivity (Wildman–Crippen MR) is 93.9 cm³/mol. The maximum Gasteiger partial charge on any atom is 0.162 e. The molecule has 0 unspecified atom stereocenters. The topological polar surface area (TPSA) is 65.5 Å². The van der Waals surface area contributed by atoms with Gasteiger partial charge < -0.3 is 19.5 Å². The minimum atomic E-state index is 0.593. The molecule has 0 amide bonds. The van der Waals surface area contributed by atoms with Gasteiger partial charge in [0.25, 0.3) is 0 Å². The van der Waals surface area contributed by atoms with Crippen LogP contribution < -0.4 is 19.5 Å². The van der Waals surface area contributed by atoms with E-state index < -0.39 is 0 Å². The number of benzene rings is 2. The minimum Gasteiger partial charge on any atom is -0.495 e. The SMILES string of the molecule is COc1ccc(Cl)cc1Nc1ncnc2cc(OC)c(OC)cc12. The van der Waals surface area contributed by atoms with Crippen LogP contribution in [-0.2, 0) is 0 Å². The number of anilines is 2. The smallest absolute Gasteiger partial charge is 0.162 e. The van der Waals surface area contributed by atoms with Crippen molar-refractivity contribution in [1.82, 2.24) is 9.97 Å². The fraction of sp³-hybridized carbons (Fsp3) is 0.176. The maximum atomic E-state index is 6.08. The van der Waals surface area contributed by atoms with Crippen molar-refractivity contribution in [3.8, 4) is 17.2 Å². The molecular weight excluding hydrogens is 330 g/mol. The second kappa shape index (κ2) is 6.80. The lowest BCUT2D eigenvalue weighted by Gasteiger charge is -2.14. The Balaban J connectivity index is 2.12. The van der Waals surface area contributed by atoms with Crippen LogP contribution in [-0.4, -0.2) is 31.3 Å². The maximum absolute atomic E-state index is 6.08. The molecule has 0 spiro atoms. The van der Waals surface area contributed by atoms with E-state index in [0.717, 1.165) is 10.9 Å². The molecule has 0 saturated carbocycles. The molecule has 0 saturated heterocycles. The molecular formula is C17H16ClN3O3. The van der Waals surface area contributed by atoms with Gasteiger partial charge in [0.15, 0.2) is 11.5 Å². The minimum absolute atomic E-state index is 0.593. The molecule has 0 atom stereocenters. The summed E-state index contributed by atoms with van der Waals surface area (Å²) in [7, 11) is 4.77. The summed E-state index contributed by atoms with van der Waals surface area (Å²) >= 11 is 6.08. The van der Waals surface area contributed by atoms with E-state index in [4.69, 9.17) is 25.8 Å². The molecule has 0 radical (unpaired) electrons. The van der Waals surface area contributed by atoms with Crippen molar-refractivity contribution >= 4 is 34.0 Å². The molecule has 3 aromatic rings. The number of hydrogen-bond acceptors (Lipinski definition) is 6. The Morgan fingerprint density at radius 3 is 2.29 bits per heavy atom. The van der Waals surface area contributed by atoms with Crippen molar-refractivity contribution in [3.05, 3.63) is 41.7 Å². The first-order valence-electron chi connectivity index (χ1n) is 7.13. The molecule has 1 heterocycles. The number of rotatable bonds is 5. The first-order valence-corrected chi connectivity index (χ1v) is 7.51. The highest BCUT2D eigenvalue weighted by atomic mass is 35.5. The van der Waals surface area contributed by atoms with Crippen LogP contribution in [0.5, 0.6) is 17.2 Å². The number of ether oxygens (including phenoxy) is 3. The number of fused-ring (bicyclic) bond motifs is 1. The zero-order chi connectivity index (χ0) is 17.1. The molecule has 0 bridgehead atoms. The summed E-state index contributed by atoms with van der Waals surface area (Å²) in [6.45, 7) is 0. The van der Waals surface area contributed by atoms with Crippen LogP contribution in [0.25, 0.3) is 10.9 Å². The summed E-state index contributed by atoms with van der Waals surface area (Å²) in [4.78, 5) is 8.60. The van der Waals surface area contributed by atoms with Crippen LogP contribution in [0, 0.1) is 0 Å². The molecule has 1 N–H and O–H groups in total.